The van der Waals surface area contributed by atoms with Crippen LogP contribution in [-0.2, 0) is 0 Å². The normalized spacial score (nSPS) is 12.6. The van der Waals surface area contributed by atoms with Crippen LogP contribution in [0.25, 0.3) is 93.6 Å². The van der Waals surface area contributed by atoms with E-state index in [1.54, 1.807) is 0 Å². The molecule has 2 heteroatoms. The minimum absolute atomic E-state index is 0.820. The molecule has 0 saturated carbocycles. The van der Waals surface area contributed by atoms with Gasteiger partial charge in [-0.2, -0.15) is 0 Å². The van der Waals surface area contributed by atoms with Gasteiger partial charge in [-0.3, -0.25) is 0 Å². The molecule has 300 valence electrons. The summed E-state index contributed by atoms with van der Waals surface area (Å²) in [7, 11) is 0. The molecule has 12 rings (SSSR count). The Morgan fingerprint density at radius 2 is 1.02 bits per heavy atom. The summed E-state index contributed by atoms with van der Waals surface area (Å²) in [6, 6.07) is 83.1. The highest BCUT2D eigenvalue weighted by Crippen LogP contribution is 2.44. The molecule has 1 aromatic heterocycles. The van der Waals surface area contributed by atoms with E-state index < -0.39 is 0 Å². The van der Waals surface area contributed by atoms with Gasteiger partial charge in [-0.05, 0) is 115 Å². The molecule has 64 heavy (non-hydrogen) atoms. The lowest BCUT2D eigenvalue weighted by molar-refractivity contribution is 0.670. The predicted molar refractivity (Wildman–Crippen MR) is 268 cm³/mol. The first kappa shape index (κ1) is 37.4. The summed E-state index contributed by atoms with van der Waals surface area (Å²) in [5.74, 6) is 0. The number of fused-ring (bicyclic) bond motifs is 5. The molecular formula is C62H41NO. The van der Waals surface area contributed by atoms with Crippen molar-refractivity contribution in [2.24, 2.45) is 0 Å². The number of para-hydroxylation sites is 2. The SMILES string of the molecule is c1cc2c(oc3ccccc32)c(-c2ccccc2N(C2=CC=C(c3ccc(-c4cccc5ccccc45)cc3)CC2)c2ccc(-c3cccc(-c4cccc5ccccc45)c3)cc2)c#1. The quantitative estimate of drug-likeness (QED) is 0.152. The second-order valence-corrected chi connectivity index (χ2v) is 16.6. The van der Waals surface area contributed by atoms with E-state index in [-0.39, 0.29) is 0 Å². The third-order valence-electron chi connectivity index (χ3n) is 12.9. The zero-order valence-electron chi connectivity index (χ0n) is 35.1. The first-order valence-corrected chi connectivity index (χ1v) is 22.0. The zero-order chi connectivity index (χ0) is 42.4. The molecule has 0 saturated heterocycles. The van der Waals surface area contributed by atoms with Gasteiger partial charge in [0.1, 0.15) is 5.58 Å². The summed E-state index contributed by atoms with van der Waals surface area (Å²) in [5.41, 5.74) is 16.9. The fourth-order valence-electron chi connectivity index (χ4n) is 9.70. The van der Waals surface area contributed by atoms with Gasteiger partial charge in [0.15, 0.2) is 5.58 Å². The Hall–Kier alpha value is -8.38. The summed E-state index contributed by atoms with van der Waals surface area (Å²) < 4.78 is 6.58. The highest BCUT2D eigenvalue weighted by Gasteiger charge is 2.23. The van der Waals surface area contributed by atoms with Gasteiger partial charge in [0.05, 0.1) is 11.3 Å². The number of furan rings is 1. The van der Waals surface area contributed by atoms with Crippen molar-refractivity contribution in [1.82, 2.24) is 0 Å². The van der Waals surface area contributed by atoms with E-state index in [0.29, 0.717) is 0 Å². The summed E-state index contributed by atoms with van der Waals surface area (Å²) in [6.45, 7) is 0. The molecule has 0 atom stereocenters. The van der Waals surface area contributed by atoms with Crippen LogP contribution in [0.1, 0.15) is 18.4 Å². The molecule has 0 radical (unpaired) electrons. The minimum atomic E-state index is 0.820. The van der Waals surface area contributed by atoms with Crippen molar-refractivity contribution in [2.75, 3.05) is 4.90 Å². The molecule has 0 bridgehead atoms. The predicted octanol–water partition coefficient (Wildman–Crippen LogP) is 17.1. The lowest BCUT2D eigenvalue weighted by Gasteiger charge is -2.31. The molecule has 0 amide bonds. The van der Waals surface area contributed by atoms with Crippen LogP contribution in [0.15, 0.2) is 235 Å². The van der Waals surface area contributed by atoms with Crippen molar-refractivity contribution in [3.63, 3.8) is 0 Å². The Bertz CT molecular complexity index is 3600. The number of benzene rings is 9. The fraction of sp³-hybridized carbons (Fsp3) is 0.0323. The number of rotatable bonds is 8. The molecule has 1 aliphatic carbocycles. The molecule has 10 aromatic carbocycles. The lowest BCUT2D eigenvalue weighted by atomic mass is 9.92. The van der Waals surface area contributed by atoms with Crippen LogP contribution in [0, 0.1) is 12.1 Å². The van der Waals surface area contributed by atoms with E-state index in [2.05, 4.69) is 223 Å². The van der Waals surface area contributed by atoms with Gasteiger partial charge in [0.25, 0.3) is 0 Å². The van der Waals surface area contributed by atoms with Gasteiger partial charge in [0.2, 0.25) is 0 Å². The summed E-state index contributed by atoms with van der Waals surface area (Å²) in [4.78, 5) is 2.43. The molecule has 0 aliphatic heterocycles. The van der Waals surface area contributed by atoms with Crippen molar-refractivity contribution in [3.05, 3.63) is 248 Å². The Morgan fingerprint density at radius 3 is 1.77 bits per heavy atom. The minimum Gasteiger partial charge on any atom is -0.455 e. The zero-order valence-corrected chi connectivity index (χ0v) is 35.1. The second-order valence-electron chi connectivity index (χ2n) is 16.6. The van der Waals surface area contributed by atoms with Crippen LogP contribution in [0.5, 0.6) is 0 Å². The monoisotopic (exact) mass is 815 g/mol. The van der Waals surface area contributed by atoms with Crippen LogP contribution >= 0.6 is 0 Å². The fourth-order valence-corrected chi connectivity index (χ4v) is 9.70. The standard InChI is InChI=1S/C62H41NO/c1-3-19-52-45(13-1)15-10-23-54(52)47-31-29-42(30-32-47)43-33-37-50(38-34-43)63(60-27-7-5-21-56(60)58-25-12-26-59-57-22-6-8-28-61(57)64-62(58)59)51-39-35-44(36-40-51)48-17-9-18-49(41-48)55-24-11-16-46-14-2-4-20-53(46)55/h1-11,13-24,26-33,35-37,39-41H,34,38H2. The highest BCUT2D eigenvalue weighted by molar-refractivity contribution is 6.10. The average molecular weight is 816 g/mol. The van der Waals surface area contributed by atoms with Gasteiger partial charge < -0.3 is 9.32 Å². The maximum Gasteiger partial charge on any atom is 0.152 e. The number of allylic oxidation sites excluding steroid dienone is 4. The van der Waals surface area contributed by atoms with Crippen molar-refractivity contribution < 1.29 is 4.42 Å². The summed E-state index contributed by atoms with van der Waals surface area (Å²) in [5, 5.41) is 7.16. The maximum absolute atomic E-state index is 6.58. The van der Waals surface area contributed by atoms with E-state index in [1.165, 1.54) is 71.8 Å². The van der Waals surface area contributed by atoms with Crippen molar-refractivity contribution in [2.45, 2.75) is 12.8 Å². The Kier molecular flexibility index (Phi) is 9.24. The molecule has 0 fully saturated rings. The third-order valence-corrected chi connectivity index (χ3v) is 12.9. The van der Waals surface area contributed by atoms with Crippen molar-refractivity contribution >= 4 is 60.4 Å². The lowest BCUT2D eigenvalue weighted by Crippen LogP contribution is -2.18. The molecular weight excluding hydrogens is 775 g/mol. The molecule has 2 nitrogen and oxygen atoms in total. The molecule has 0 unspecified atom stereocenters. The maximum atomic E-state index is 6.58. The summed E-state index contributed by atoms with van der Waals surface area (Å²) >= 11 is 0. The van der Waals surface area contributed by atoms with Gasteiger partial charge in [-0.1, -0.05) is 194 Å². The van der Waals surface area contributed by atoms with Gasteiger partial charge in [-0.25, -0.2) is 0 Å². The highest BCUT2D eigenvalue weighted by atomic mass is 16.3. The van der Waals surface area contributed by atoms with Crippen LogP contribution in [0.3, 0.4) is 0 Å². The number of anilines is 2. The second kappa shape index (κ2) is 15.8. The Morgan fingerprint density at radius 1 is 0.422 bits per heavy atom. The summed E-state index contributed by atoms with van der Waals surface area (Å²) in [6.07, 6.45) is 6.41. The van der Waals surface area contributed by atoms with Crippen LogP contribution in [-0.4, -0.2) is 0 Å². The van der Waals surface area contributed by atoms with Gasteiger partial charge in [0, 0.05) is 33.8 Å². The number of hydrogen-bond donors (Lipinski definition) is 0. The van der Waals surface area contributed by atoms with E-state index in [0.717, 1.165) is 57.3 Å². The van der Waals surface area contributed by atoms with Crippen LogP contribution in [0.4, 0.5) is 11.4 Å². The first-order valence-electron chi connectivity index (χ1n) is 22.0. The largest absolute Gasteiger partial charge is 0.455 e. The Labute approximate surface area is 373 Å². The molecule has 11 aromatic rings. The van der Waals surface area contributed by atoms with E-state index in [1.807, 2.05) is 18.2 Å². The molecule has 0 N–H and O–H groups in total. The molecule has 1 heterocycles. The van der Waals surface area contributed by atoms with Gasteiger partial charge >= 0.3 is 0 Å². The first-order chi connectivity index (χ1) is 31.7. The Balaban J connectivity index is 0.938. The van der Waals surface area contributed by atoms with Crippen molar-refractivity contribution in [3.8, 4) is 44.5 Å². The van der Waals surface area contributed by atoms with Gasteiger partial charge in [-0.15, -0.1) is 0 Å². The number of hydrogen-bond acceptors (Lipinski definition) is 2. The topological polar surface area (TPSA) is 16.4 Å². The van der Waals surface area contributed by atoms with Crippen LogP contribution in [0.2, 0.25) is 0 Å². The van der Waals surface area contributed by atoms with E-state index in [4.69, 9.17) is 4.42 Å². The van der Waals surface area contributed by atoms with Crippen molar-refractivity contribution in [1.29, 1.82) is 0 Å². The smallest absolute Gasteiger partial charge is 0.152 e. The number of nitrogens with zero attached hydrogens (tertiary/aromatic N) is 1. The third kappa shape index (κ3) is 6.63. The van der Waals surface area contributed by atoms with Crippen LogP contribution < -0.4 is 4.90 Å². The average Bonchev–Trinajstić information content (AvgIpc) is 3.76. The van der Waals surface area contributed by atoms with E-state index in [9.17, 15) is 0 Å². The molecule has 1 aliphatic rings. The van der Waals surface area contributed by atoms with E-state index >= 15 is 0 Å². The molecule has 0 spiro atoms.